The number of carboxylic acids is 1. The topological polar surface area (TPSA) is 204 Å². The Hall–Kier alpha value is -4.25. The van der Waals surface area contributed by atoms with Crippen molar-refractivity contribution < 1.29 is 43.1 Å². The molecule has 2 aromatic rings. The minimum Gasteiger partial charge on any atom is -0.534 e. The largest absolute Gasteiger partial charge is 0.547 e. The maximum Gasteiger partial charge on any atom is 0.547 e. The van der Waals surface area contributed by atoms with Gasteiger partial charge in [0.25, 0.3) is 0 Å². The third-order valence-electron chi connectivity index (χ3n) is 5.94. The van der Waals surface area contributed by atoms with Gasteiger partial charge in [0.05, 0.1) is 16.4 Å². The van der Waals surface area contributed by atoms with Crippen molar-refractivity contribution in [3.8, 4) is 5.75 Å². The standard InChI is InChI=1S/C21H22BFN6O8S/c23-4-5-28-6-7-29(18(32)17(28)31)21(35)27-14(12-9-25-20(24)38-12)16(30)26-13-8-10-2-1-3-11(19(33)34)15(10)37-22(13)36/h1-3,9,13-14,36H,4-8H2,(H2,24,25)(H,26,30)(H,27,35)(H,33,34)/t13-,14?/m0/s1. The summed E-state index contributed by atoms with van der Waals surface area (Å²) in [7, 11) is -1.61. The highest BCUT2D eigenvalue weighted by Crippen LogP contribution is 2.31. The molecule has 14 nitrogen and oxygen atoms in total. The molecule has 1 aromatic heterocycles. The average Bonchev–Trinajstić information content (AvgIpc) is 3.31. The number of nitrogens with one attached hydrogen (secondary N) is 2. The molecule has 2 atom stereocenters. The minimum absolute atomic E-state index is 0.0123. The maximum atomic E-state index is 13.3. The van der Waals surface area contributed by atoms with E-state index in [1.807, 2.05) is 0 Å². The molecule has 5 amide bonds. The van der Waals surface area contributed by atoms with Gasteiger partial charge in [0.1, 0.15) is 18.5 Å². The highest BCUT2D eigenvalue weighted by molar-refractivity contribution is 7.15. The van der Waals surface area contributed by atoms with Crippen molar-refractivity contribution in [2.75, 3.05) is 32.0 Å². The van der Waals surface area contributed by atoms with Crippen LogP contribution in [-0.2, 0) is 20.8 Å². The van der Waals surface area contributed by atoms with Crippen LogP contribution in [0.4, 0.5) is 14.3 Å². The molecule has 1 unspecified atom stereocenters. The Kier molecular flexibility index (Phi) is 7.77. The summed E-state index contributed by atoms with van der Waals surface area (Å²) in [5.41, 5.74) is 5.96. The van der Waals surface area contributed by atoms with E-state index in [0.717, 1.165) is 16.2 Å². The fraction of sp³-hybridized carbons (Fsp3) is 0.333. The first-order valence-corrected chi connectivity index (χ1v) is 12.1. The number of thiazole rings is 1. The Morgan fingerprint density at radius 1 is 1.29 bits per heavy atom. The lowest BCUT2D eigenvalue weighted by Crippen LogP contribution is -2.60. The van der Waals surface area contributed by atoms with E-state index >= 15 is 0 Å². The van der Waals surface area contributed by atoms with Crippen LogP contribution in [0.1, 0.15) is 26.8 Å². The fourth-order valence-electron chi connectivity index (χ4n) is 4.07. The van der Waals surface area contributed by atoms with Crippen LogP contribution >= 0.6 is 11.3 Å². The number of carbonyl (C=O) groups is 5. The van der Waals surface area contributed by atoms with Crippen molar-refractivity contribution >= 4 is 53.3 Å². The number of aromatic nitrogens is 1. The maximum absolute atomic E-state index is 13.3. The average molecular weight is 548 g/mol. The second-order valence-corrected chi connectivity index (χ2v) is 9.44. The van der Waals surface area contributed by atoms with Gasteiger partial charge in [-0.15, -0.1) is 0 Å². The van der Waals surface area contributed by atoms with Gasteiger partial charge in [0.2, 0.25) is 5.91 Å². The number of halogens is 1. The van der Waals surface area contributed by atoms with Crippen LogP contribution in [0.25, 0.3) is 0 Å². The number of hydrogen-bond acceptors (Lipinski definition) is 10. The molecule has 1 saturated heterocycles. The molecular weight excluding hydrogens is 526 g/mol. The second-order valence-electron chi connectivity index (χ2n) is 8.35. The minimum atomic E-state index is -1.61. The molecule has 2 aliphatic rings. The number of amides is 5. The molecule has 0 radical (unpaired) electrons. The van der Waals surface area contributed by atoms with Gasteiger partial charge in [-0.1, -0.05) is 23.5 Å². The number of urea groups is 1. The summed E-state index contributed by atoms with van der Waals surface area (Å²) < 4.78 is 18.0. The molecular formula is C21H22BFN6O8S. The van der Waals surface area contributed by atoms with Gasteiger partial charge in [-0.25, -0.2) is 19.0 Å². The Bertz CT molecular complexity index is 1290. The number of para-hydroxylation sites is 1. The number of benzene rings is 1. The second kappa shape index (κ2) is 11.0. The van der Waals surface area contributed by atoms with E-state index in [2.05, 4.69) is 15.6 Å². The van der Waals surface area contributed by atoms with E-state index in [9.17, 15) is 38.5 Å². The van der Waals surface area contributed by atoms with E-state index in [0.29, 0.717) is 10.5 Å². The van der Waals surface area contributed by atoms with E-state index in [-0.39, 0.29) is 47.4 Å². The van der Waals surface area contributed by atoms with Crippen LogP contribution in [0.3, 0.4) is 0 Å². The Morgan fingerprint density at radius 3 is 2.71 bits per heavy atom. The van der Waals surface area contributed by atoms with Crippen molar-refractivity contribution in [3.63, 3.8) is 0 Å². The zero-order chi connectivity index (χ0) is 27.6. The summed E-state index contributed by atoms with van der Waals surface area (Å²) in [6.07, 6.45) is 1.26. The number of nitrogen functional groups attached to an aromatic ring is 1. The molecule has 1 fully saturated rings. The first-order valence-electron chi connectivity index (χ1n) is 11.3. The Balaban J connectivity index is 1.51. The molecule has 38 heavy (non-hydrogen) atoms. The number of piperazine rings is 1. The van der Waals surface area contributed by atoms with E-state index in [1.54, 1.807) is 6.07 Å². The molecule has 3 heterocycles. The van der Waals surface area contributed by atoms with E-state index in [1.165, 1.54) is 18.3 Å². The van der Waals surface area contributed by atoms with Crippen LogP contribution < -0.4 is 21.0 Å². The van der Waals surface area contributed by atoms with Gasteiger partial charge >= 0.3 is 30.9 Å². The number of carbonyl (C=O) groups excluding carboxylic acids is 4. The number of carboxylic acid groups (broad SMARTS) is 1. The molecule has 0 bridgehead atoms. The molecule has 4 rings (SSSR count). The van der Waals surface area contributed by atoms with Crippen molar-refractivity contribution in [2.45, 2.75) is 18.4 Å². The molecule has 0 aliphatic carbocycles. The first-order chi connectivity index (χ1) is 18.1. The monoisotopic (exact) mass is 548 g/mol. The van der Waals surface area contributed by atoms with Crippen molar-refractivity contribution in [2.24, 2.45) is 0 Å². The van der Waals surface area contributed by atoms with Crippen LogP contribution in [0.5, 0.6) is 5.75 Å². The molecule has 200 valence electrons. The van der Waals surface area contributed by atoms with Gasteiger partial charge in [0.15, 0.2) is 5.13 Å². The third-order valence-corrected chi connectivity index (χ3v) is 6.83. The van der Waals surface area contributed by atoms with Gasteiger partial charge < -0.3 is 36.1 Å². The number of imide groups is 1. The lowest BCUT2D eigenvalue weighted by atomic mass is 9.72. The lowest BCUT2D eigenvalue weighted by molar-refractivity contribution is -0.153. The first kappa shape index (κ1) is 26.8. The lowest BCUT2D eigenvalue weighted by Gasteiger charge is -2.33. The summed E-state index contributed by atoms with van der Waals surface area (Å²) in [4.78, 5) is 68.0. The van der Waals surface area contributed by atoms with Crippen molar-refractivity contribution in [1.82, 2.24) is 25.4 Å². The summed E-state index contributed by atoms with van der Waals surface area (Å²) in [6, 6.07) is 1.92. The normalized spacial score (nSPS) is 17.9. The number of nitrogens with two attached hydrogens (primary N) is 1. The predicted molar refractivity (Wildman–Crippen MR) is 130 cm³/mol. The fourth-order valence-corrected chi connectivity index (χ4v) is 4.80. The Morgan fingerprint density at radius 2 is 2.05 bits per heavy atom. The van der Waals surface area contributed by atoms with Gasteiger partial charge in [-0.2, -0.15) is 0 Å². The van der Waals surface area contributed by atoms with Crippen LogP contribution in [0, 0.1) is 0 Å². The number of alkyl halides is 1. The van der Waals surface area contributed by atoms with Crippen LogP contribution in [0.2, 0.25) is 0 Å². The Labute approximate surface area is 218 Å². The number of hydrogen-bond donors (Lipinski definition) is 5. The summed E-state index contributed by atoms with van der Waals surface area (Å²) >= 11 is 0.890. The number of anilines is 1. The zero-order valence-corrected chi connectivity index (χ0v) is 20.4. The van der Waals surface area contributed by atoms with Crippen molar-refractivity contribution in [1.29, 1.82) is 0 Å². The molecule has 0 spiro atoms. The van der Waals surface area contributed by atoms with Gasteiger partial charge in [0, 0.05) is 25.8 Å². The molecule has 0 saturated carbocycles. The number of nitrogens with zero attached hydrogens (tertiary/aromatic N) is 3. The number of rotatable bonds is 7. The quantitative estimate of drug-likeness (QED) is 0.210. The molecule has 6 N–H and O–H groups in total. The summed E-state index contributed by atoms with van der Waals surface area (Å²) in [6.45, 7) is -1.42. The van der Waals surface area contributed by atoms with Crippen molar-refractivity contribution in [3.05, 3.63) is 40.4 Å². The van der Waals surface area contributed by atoms with E-state index < -0.39 is 55.5 Å². The summed E-state index contributed by atoms with van der Waals surface area (Å²) in [5.74, 6) is -5.34. The van der Waals surface area contributed by atoms with Gasteiger partial charge in [-0.3, -0.25) is 19.3 Å². The summed E-state index contributed by atoms with van der Waals surface area (Å²) in [5, 5.41) is 24.9. The highest BCUT2D eigenvalue weighted by Gasteiger charge is 2.41. The molecule has 17 heteroatoms. The SMILES string of the molecule is Nc1ncc(C(NC(=O)N2CCN(CCF)C(=O)C2=O)C(=O)N[C@H]2Cc3cccc(C(=O)O)c3OB2O)s1. The van der Waals surface area contributed by atoms with Gasteiger partial charge in [-0.05, 0) is 18.1 Å². The molecule has 1 aromatic carbocycles. The predicted octanol–water partition coefficient (Wildman–Crippen LogP) is -1.05. The highest BCUT2D eigenvalue weighted by atomic mass is 32.1. The number of fused-ring (bicyclic) bond motifs is 1. The smallest absolute Gasteiger partial charge is 0.534 e. The van der Waals surface area contributed by atoms with E-state index in [4.69, 9.17) is 10.4 Å². The van der Waals surface area contributed by atoms with Crippen LogP contribution in [0.15, 0.2) is 24.4 Å². The molecule has 2 aliphatic heterocycles. The third kappa shape index (κ3) is 5.37. The van der Waals surface area contributed by atoms with Crippen LogP contribution in [-0.4, -0.2) is 94.0 Å². The zero-order valence-electron chi connectivity index (χ0n) is 19.6. The number of aromatic carboxylic acids is 1.